The molecule has 162 valence electrons. The summed E-state index contributed by atoms with van der Waals surface area (Å²) >= 11 is 0. The van der Waals surface area contributed by atoms with Crippen molar-refractivity contribution in [3.05, 3.63) is 101 Å². The molecule has 1 heterocycles. The molecule has 2 atom stereocenters. The maximum absolute atomic E-state index is 2.44. The Bertz CT molecular complexity index is 1410. The molecule has 0 radical (unpaired) electrons. The molecule has 0 spiro atoms. The van der Waals surface area contributed by atoms with Gasteiger partial charge in [-0.15, -0.1) is 0 Å². The summed E-state index contributed by atoms with van der Waals surface area (Å²) in [6.07, 6.45) is 8.54. The number of benzene rings is 3. The van der Waals surface area contributed by atoms with Crippen LogP contribution in [0.5, 0.6) is 0 Å². The molecule has 0 aliphatic heterocycles. The summed E-state index contributed by atoms with van der Waals surface area (Å²) in [5, 5.41) is 0. The lowest BCUT2D eigenvalue weighted by molar-refractivity contribution is -0.660. The number of pyridine rings is 1. The average molecular weight is 429 g/mol. The molecule has 4 aliphatic carbocycles. The van der Waals surface area contributed by atoms with Crippen molar-refractivity contribution in [1.29, 1.82) is 0 Å². The van der Waals surface area contributed by atoms with Gasteiger partial charge in [-0.25, -0.2) is 4.57 Å². The van der Waals surface area contributed by atoms with E-state index >= 15 is 0 Å². The third-order valence-corrected chi connectivity index (χ3v) is 8.61. The molecule has 1 aromatic heterocycles. The summed E-state index contributed by atoms with van der Waals surface area (Å²) in [6.45, 7) is 2.28. The fourth-order valence-electron chi connectivity index (χ4n) is 6.89. The van der Waals surface area contributed by atoms with Crippen LogP contribution >= 0.6 is 0 Å². The third kappa shape index (κ3) is 2.88. The minimum Gasteiger partial charge on any atom is -0.201 e. The SMILES string of the molecule is Cc1ccc2c3c1-c1cc(cc[n+]1C)-c1ccc(cc1)C1CCCC(C1)c1cccc-2c1C3. The number of hydrogen-bond acceptors (Lipinski definition) is 0. The Kier molecular flexibility index (Phi) is 4.18. The molecule has 1 saturated carbocycles. The quantitative estimate of drug-likeness (QED) is 0.225. The molecule has 4 aromatic rings. The van der Waals surface area contributed by atoms with Gasteiger partial charge in [-0.05, 0) is 94.5 Å². The van der Waals surface area contributed by atoms with Crippen LogP contribution in [0.2, 0.25) is 0 Å². The van der Waals surface area contributed by atoms with Crippen LogP contribution in [-0.2, 0) is 13.5 Å². The van der Waals surface area contributed by atoms with Crippen molar-refractivity contribution in [2.45, 2.75) is 50.9 Å². The van der Waals surface area contributed by atoms with Crippen molar-refractivity contribution in [2.24, 2.45) is 7.05 Å². The second kappa shape index (κ2) is 7.15. The number of aromatic nitrogens is 1. The molecule has 8 rings (SSSR count). The van der Waals surface area contributed by atoms with Crippen LogP contribution in [0.4, 0.5) is 0 Å². The van der Waals surface area contributed by atoms with Gasteiger partial charge >= 0.3 is 0 Å². The first-order valence-corrected chi connectivity index (χ1v) is 12.5. The molecule has 1 fully saturated rings. The second-order valence-corrected chi connectivity index (χ2v) is 10.4. The van der Waals surface area contributed by atoms with E-state index in [4.69, 9.17) is 0 Å². The first-order chi connectivity index (χ1) is 16.2. The zero-order valence-electron chi connectivity index (χ0n) is 19.6. The molecule has 4 aliphatic rings. The first kappa shape index (κ1) is 19.3. The molecule has 0 saturated heterocycles. The van der Waals surface area contributed by atoms with Crippen molar-refractivity contribution in [3.8, 4) is 33.5 Å². The van der Waals surface area contributed by atoms with Gasteiger partial charge in [0.25, 0.3) is 0 Å². The number of nitrogens with zero attached hydrogens (tertiary/aromatic N) is 1. The maximum atomic E-state index is 2.44. The minimum absolute atomic E-state index is 0.666. The van der Waals surface area contributed by atoms with Crippen molar-refractivity contribution in [3.63, 3.8) is 0 Å². The Balaban J connectivity index is 1.54. The van der Waals surface area contributed by atoms with E-state index in [0.717, 1.165) is 6.42 Å². The molecule has 1 nitrogen and oxygen atoms in total. The molecule has 0 amide bonds. The van der Waals surface area contributed by atoms with E-state index in [1.165, 1.54) is 75.9 Å². The predicted molar refractivity (Wildman–Crippen MR) is 135 cm³/mol. The molecular weight excluding hydrogens is 398 g/mol. The number of aryl methyl sites for hydroxylation is 2. The zero-order chi connectivity index (χ0) is 22.1. The van der Waals surface area contributed by atoms with Gasteiger partial charge in [-0.3, -0.25) is 0 Å². The third-order valence-electron chi connectivity index (χ3n) is 8.61. The van der Waals surface area contributed by atoms with Gasteiger partial charge in [0.1, 0.15) is 7.05 Å². The second-order valence-electron chi connectivity index (χ2n) is 10.4. The molecular formula is C32H30N+. The highest BCUT2D eigenvalue weighted by Gasteiger charge is 2.32. The van der Waals surface area contributed by atoms with Crippen molar-refractivity contribution < 1.29 is 4.57 Å². The average Bonchev–Trinajstić information content (AvgIpc) is 3.23. The Morgan fingerprint density at radius 3 is 2.48 bits per heavy atom. The molecule has 33 heavy (non-hydrogen) atoms. The lowest BCUT2D eigenvalue weighted by Crippen LogP contribution is -2.31. The van der Waals surface area contributed by atoms with Gasteiger partial charge in [0.05, 0.1) is 5.56 Å². The topological polar surface area (TPSA) is 3.88 Å². The van der Waals surface area contributed by atoms with E-state index in [1.807, 2.05) is 0 Å². The lowest BCUT2D eigenvalue weighted by Gasteiger charge is -2.31. The smallest absolute Gasteiger partial charge is 0.201 e. The zero-order valence-corrected chi connectivity index (χ0v) is 19.6. The fraction of sp³-hybridized carbons (Fsp3) is 0.281. The summed E-state index contributed by atoms with van der Waals surface area (Å²) in [5.41, 5.74) is 15.9. The van der Waals surface area contributed by atoms with Crippen molar-refractivity contribution in [2.75, 3.05) is 0 Å². The fourth-order valence-corrected chi connectivity index (χ4v) is 6.89. The summed E-state index contributed by atoms with van der Waals surface area (Å²) in [5.74, 6) is 1.34. The highest BCUT2D eigenvalue weighted by Crippen LogP contribution is 2.49. The van der Waals surface area contributed by atoms with Crippen LogP contribution in [0.1, 0.15) is 65.3 Å². The highest BCUT2D eigenvalue weighted by atomic mass is 14.9. The Morgan fingerprint density at radius 2 is 1.61 bits per heavy atom. The van der Waals surface area contributed by atoms with Gasteiger partial charge in [0.2, 0.25) is 5.69 Å². The number of rotatable bonds is 0. The monoisotopic (exact) mass is 428 g/mol. The normalized spacial score (nSPS) is 19.8. The van der Waals surface area contributed by atoms with Crippen LogP contribution in [0.3, 0.4) is 0 Å². The van der Waals surface area contributed by atoms with Gasteiger partial charge in [0, 0.05) is 12.1 Å². The van der Waals surface area contributed by atoms with Gasteiger partial charge in [0.15, 0.2) is 6.20 Å². The molecule has 0 N–H and O–H groups in total. The van der Waals surface area contributed by atoms with E-state index < -0.39 is 0 Å². The molecule has 2 unspecified atom stereocenters. The van der Waals surface area contributed by atoms with Gasteiger partial charge < -0.3 is 0 Å². The van der Waals surface area contributed by atoms with Crippen LogP contribution in [0, 0.1) is 6.92 Å². The van der Waals surface area contributed by atoms with E-state index in [0.29, 0.717) is 11.8 Å². The maximum Gasteiger partial charge on any atom is 0.213 e. The lowest BCUT2D eigenvalue weighted by atomic mass is 9.74. The van der Waals surface area contributed by atoms with E-state index in [9.17, 15) is 0 Å². The van der Waals surface area contributed by atoms with Gasteiger partial charge in [-0.1, -0.05) is 61.0 Å². The minimum atomic E-state index is 0.666. The Labute approximate surface area is 196 Å². The molecule has 3 aromatic carbocycles. The van der Waals surface area contributed by atoms with Gasteiger partial charge in [-0.2, -0.15) is 0 Å². The molecule has 1 heteroatoms. The van der Waals surface area contributed by atoms with E-state index in [1.54, 1.807) is 11.1 Å². The summed E-state index contributed by atoms with van der Waals surface area (Å²) in [4.78, 5) is 0. The van der Waals surface area contributed by atoms with E-state index in [2.05, 4.69) is 91.5 Å². The van der Waals surface area contributed by atoms with Crippen molar-refractivity contribution >= 4 is 0 Å². The molecule has 8 bridgehead atoms. The van der Waals surface area contributed by atoms with E-state index in [-0.39, 0.29) is 0 Å². The van der Waals surface area contributed by atoms with Crippen molar-refractivity contribution in [1.82, 2.24) is 0 Å². The van der Waals surface area contributed by atoms with Crippen LogP contribution in [0.15, 0.2) is 72.9 Å². The Morgan fingerprint density at radius 1 is 0.788 bits per heavy atom. The summed E-state index contributed by atoms with van der Waals surface area (Å²) in [6, 6.07) is 26.0. The highest BCUT2D eigenvalue weighted by molar-refractivity contribution is 5.86. The van der Waals surface area contributed by atoms with Crippen LogP contribution < -0.4 is 4.57 Å². The van der Waals surface area contributed by atoms with Crippen LogP contribution in [0.25, 0.3) is 33.5 Å². The number of fused-ring (bicyclic) bond motifs is 3. The summed E-state index contributed by atoms with van der Waals surface area (Å²) < 4.78 is 2.30. The number of hydrogen-bond donors (Lipinski definition) is 0. The predicted octanol–water partition coefficient (Wildman–Crippen LogP) is 7.48. The standard InChI is InChI=1S/C32H30N/c1-20-9-14-28-27-8-4-7-26-25-6-3-5-23(17-25)21-10-12-22(13-11-21)24-15-16-33(2)31(18-24)32(20)30(28)19-29(26)27/h4,7-16,18,23,25H,3,5-6,17,19H2,1-2H3/q+1. The first-order valence-electron chi connectivity index (χ1n) is 12.5. The largest absolute Gasteiger partial charge is 0.213 e. The van der Waals surface area contributed by atoms with Crippen LogP contribution in [-0.4, -0.2) is 0 Å². The Hall–Kier alpha value is -3.19. The summed E-state index contributed by atoms with van der Waals surface area (Å²) in [7, 11) is 2.19.